The standard InChI is InChI=1S/C23H27F2N5O6/c1-22(2,3)35-21(34)29-9-11-30(12-10-29)23(24,25)20(33)26-15-6-4-5-13-17(28-36-18(13)15)14-7-8-16(31)27-19(14)32/h4-6,14H,7-12H2,1-3H3,(H,26,33)(H,27,31,32). The van der Waals surface area contributed by atoms with Crippen molar-refractivity contribution in [1.82, 2.24) is 20.3 Å². The van der Waals surface area contributed by atoms with Crippen LogP contribution in [0.25, 0.3) is 11.0 Å². The van der Waals surface area contributed by atoms with E-state index in [0.29, 0.717) is 10.3 Å². The maximum absolute atomic E-state index is 15.0. The van der Waals surface area contributed by atoms with Crippen molar-refractivity contribution in [3.8, 4) is 0 Å². The molecule has 0 aliphatic carbocycles. The van der Waals surface area contributed by atoms with Crippen LogP contribution in [0.1, 0.15) is 45.2 Å². The Labute approximate surface area is 205 Å². The number of hydrogen-bond acceptors (Lipinski definition) is 8. The van der Waals surface area contributed by atoms with Gasteiger partial charge in [-0.3, -0.25) is 19.7 Å². The minimum absolute atomic E-state index is 0.0230. The van der Waals surface area contributed by atoms with Crippen LogP contribution >= 0.6 is 0 Å². The molecule has 0 radical (unpaired) electrons. The number of anilines is 1. The molecule has 36 heavy (non-hydrogen) atoms. The SMILES string of the molecule is CC(C)(C)OC(=O)N1CCN(C(F)(F)C(=O)Nc2cccc3c(C4CCC(=O)NC4=O)noc23)CC1. The number of rotatable bonds is 4. The van der Waals surface area contributed by atoms with Crippen molar-refractivity contribution in [2.24, 2.45) is 0 Å². The topological polar surface area (TPSA) is 134 Å². The van der Waals surface area contributed by atoms with E-state index in [2.05, 4.69) is 15.8 Å². The lowest BCUT2D eigenvalue weighted by Crippen LogP contribution is -2.59. The predicted molar refractivity (Wildman–Crippen MR) is 122 cm³/mol. The molecule has 2 N–H and O–H groups in total. The third-order valence-corrected chi connectivity index (χ3v) is 5.95. The first-order chi connectivity index (χ1) is 16.9. The number of aromatic nitrogens is 1. The molecule has 194 valence electrons. The van der Waals surface area contributed by atoms with Crippen LogP contribution in [0.15, 0.2) is 22.7 Å². The highest BCUT2D eigenvalue weighted by molar-refractivity contribution is 6.05. The second-order valence-corrected chi connectivity index (χ2v) is 9.70. The van der Waals surface area contributed by atoms with Gasteiger partial charge in [0.25, 0.3) is 0 Å². The summed E-state index contributed by atoms with van der Waals surface area (Å²) in [6.07, 6.45) is -0.232. The molecule has 2 saturated heterocycles. The second kappa shape index (κ2) is 9.45. The molecule has 11 nitrogen and oxygen atoms in total. The number of ether oxygens (including phenoxy) is 1. The highest BCUT2D eigenvalue weighted by Gasteiger charge is 2.47. The van der Waals surface area contributed by atoms with Crippen LogP contribution in [-0.2, 0) is 19.1 Å². The van der Waals surface area contributed by atoms with Gasteiger partial charge in [0.2, 0.25) is 11.8 Å². The first kappa shape index (κ1) is 25.5. The maximum atomic E-state index is 15.0. The molecule has 4 rings (SSSR count). The molecule has 1 unspecified atom stereocenters. The quantitative estimate of drug-likeness (QED) is 0.476. The number of para-hydroxylation sites is 1. The highest BCUT2D eigenvalue weighted by Crippen LogP contribution is 2.34. The molecule has 0 spiro atoms. The van der Waals surface area contributed by atoms with Crippen LogP contribution in [0.2, 0.25) is 0 Å². The van der Waals surface area contributed by atoms with E-state index in [-0.39, 0.29) is 61.9 Å². The van der Waals surface area contributed by atoms with Gasteiger partial charge in [0, 0.05) is 38.0 Å². The predicted octanol–water partition coefficient (Wildman–Crippen LogP) is 2.43. The Morgan fingerprint density at radius 3 is 2.50 bits per heavy atom. The normalized spacial score (nSPS) is 19.8. The number of nitrogens with one attached hydrogen (secondary N) is 2. The fourth-order valence-electron chi connectivity index (χ4n) is 4.12. The van der Waals surface area contributed by atoms with Crippen molar-refractivity contribution in [3.05, 3.63) is 23.9 Å². The van der Waals surface area contributed by atoms with Gasteiger partial charge in [-0.25, -0.2) is 9.69 Å². The summed E-state index contributed by atoms with van der Waals surface area (Å²) in [5.74, 6) is -3.21. The maximum Gasteiger partial charge on any atom is 0.410 e. The molecule has 2 aromatic rings. The first-order valence-electron chi connectivity index (χ1n) is 11.5. The number of hydrogen-bond donors (Lipinski definition) is 2. The molecule has 13 heteroatoms. The molecule has 2 fully saturated rings. The number of imide groups is 1. The lowest BCUT2D eigenvalue weighted by molar-refractivity contribution is -0.177. The summed E-state index contributed by atoms with van der Waals surface area (Å²) in [6.45, 7) is 4.63. The van der Waals surface area contributed by atoms with Gasteiger partial charge in [0.15, 0.2) is 5.58 Å². The molecule has 1 aromatic carbocycles. The molecule has 1 aromatic heterocycles. The number of carbonyl (C=O) groups excluding carboxylic acids is 4. The zero-order chi connectivity index (χ0) is 26.3. The molecule has 1 atom stereocenters. The number of benzene rings is 1. The highest BCUT2D eigenvalue weighted by atomic mass is 19.3. The van der Waals surface area contributed by atoms with Crippen molar-refractivity contribution in [2.45, 2.75) is 51.2 Å². The lowest BCUT2D eigenvalue weighted by Gasteiger charge is -2.38. The fourth-order valence-corrected chi connectivity index (χ4v) is 4.12. The average Bonchev–Trinajstić information content (AvgIpc) is 3.23. The van der Waals surface area contributed by atoms with E-state index >= 15 is 8.78 Å². The van der Waals surface area contributed by atoms with Gasteiger partial charge in [-0.15, -0.1) is 0 Å². The van der Waals surface area contributed by atoms with E-state index in [0.717, 1.165) is 0 Å². The van der Waals surface area contributed by atoms with Crippen molar-refractivity contribution in [3.63, 3.8) is 0 Å². The monoisotopic (exact) mass is 507 g/mol. The number of halogens is 2. The van der Waals surface area contributed by atoms with Crippen molar-refractivity contribution < 1.29 is 37.2 Å². The Kier molecular flexibility index (Phi) is 6.69. The summed E-state index contributed by atoms with van der Waals surface area (Å²) in [5, 5.41) is 8.73. The van der Waals surface area contributed by atoms with Crippen LogP contribution in [0, 0.1) is 0 Å². The number of fused-ring (bicyclic) bond motifs is 1. The molecule has 4 amide bonds. The molecule has 0 saturated carbocycles. The second-order valence-electron chi connectivity index (χ2n) is 9.70. The van der Waals surface area contributed by atoms with Crippen molar-refractivity contribution in [2.75, 3.05) is 31.5 Å². The minimum atomic E-state index is -3.87. The minimum Gasteiger partial charge on any atom is -0.444 e. The number of nitrogens with zero attached hydrogens (tertiary/aromatic N) is 3. The van der Waals surface area contributed by atoms with Gasteiger partial charge in [-0.1, -0.05) is 11.2 Å². The molecule has 2 aliphatic heterocycles. The number of carbonyl (C=O) groups is 4. The smallest absolute Gasteiger partial charge is 0.410 e. The lowest BCUT2D eigenvalue weighted by atomic mass is 9.93. The Morgan fingerprint density at radius 1 is 1.17 bits per heavy atom. The van der Waals surface area contributed by atoms with Crippen LogP contribution < -0.4 is 10.6 Å². The van der Waals surface area contributed by atoms with Gasteiger partial charge in [-0.05, 0) is 39.3 Å². The Balaban J connectivity index is 1.45. The van der Waals surface area contributed by atoms with Crippen molar-refractivity contribution in [1.29, 1.82) is 0 Å². The van der Waals surface area contributed by atoms with Crippen LogP contribution in [0.5, 0.6) is 0 Å². The molecule has 0 bridgehead atoms. The van der Waals surface area contributed by atoms with Crippen molar-refractivity contribution >= 4 is 40.5 Å². The molecule has 2 aliphatic rings. The summed E-state index contributed by atoms with van der Waals surface area (Å²) in [4.78, 5) is 50.5. The van der Waals surface area contributed by atoms with E-state index in [9.17, 15) is 19.2 Å². The van der Waals surface area contributed by atoms with Gasteiger partial charge >= 0.3 is 18.0 Å². The van der Waals surface area contributed by atoms with Gasteiger partial charge in [0.1, 0.15) is 11.3 Å². The van der Waals surface area contributed by atoms with Crippen LogP contribution in [0.4, 0.5) is 19.3 Å². The average molecular weight is 507 g/mol. The third kappa shape index (κ3) is 5.15. The summed E-state index contributed by atoms with van der Waals surface area (Å²) in [7, 11) is 0. The van der Waals surface area contributed by atoms with E-state index < -0.39 is 35.5 Å². The number of alkyl halides is 2. The van der Waals surface area contributed by atoms with E-state index in [1.165, 1.54) is 17.0 Å². The Bertz CT molecular complexity index is 1200. The van der Waals surface area contributed by atoms with Crippen LogP contribution in [0.3, 0.4) is 0 Å². The van der Waals surface area contributed by atoms with Crippen LogP contribution in [-0.4, -0.2) is 76.6 Å². The zero-order valence-corrected chi connectivity index (χ0v) is 20.1. The fraction of sp³-hybridized carbons (Fsp3) is 0.522. The zero-order valence-electron chi connectivity index (χ0n) is 20.1. The van der Waals surface area contributed by atoms with E-state index in [1.807, 2.05) is 0 Å². The summed E-state index contributed by atoms with van der Waals surface area (Å²) in [6, 6.07) is 0.627. The number of piperidine rings is 1. The van der Waals surface area contributed by atoms with E-state index in [1.54, 1.807) is 26.8 Å². The number of piperazine rings is 1. The first-order valence-corrected chi connectivity index (χ1v) is 11.5. The summed E-state index contributed by atoms with van der Waals surface area (Å²) >= 11 is 0. The van der Waals surface area contributed by atoms with Gasteiger partial charge in [0.05, 0.1) is 11.6 Å². The van der Waals surface area contributed by atoms with Gasteiger partial charge in [-0.2, -0.15) is 8.78 Å². The third-order valence-electron chi connectivity index (χ3n) is 5.95. The molecular weight excluding hydrogens is 480 g/mol. The number of amides is 4. The Hall–Kier alpha value is -3.61. The summed E-state index contributed by atoms with van der Waals surface area (Å²) in [5.41, 5.74) is -0.444. The molecule has 3 heterocycles. The summed E-state index contributed by atoms with van der Waals surface area (Å²) < 4.78 is 40.6. The Morgan fingerprint density at radius 2 is 1.86 bits per heavy atom. The largest absolute Gasteiger partial charge is 0.444 e. The van der Waals surface area contributed by atoms with Gasteiger partial charge < -0.3 is 19.5 Å². The van der Waals surface area contributed by atoms with E-state index in [4.69, 9.17) is 9.26 Å². The molecular formula is C23H27F2N5O6.